The fraction of sp³-hybridized carbons (Fsp3) is 0.118. The summed E-state index contributed by atoms with van der Waals surface area (Å²) in [4.78, 5) is 11.8. The first-order valence-electron chi connectivity index (χ1n) is 8.06. The maximum Gasteiger partial charge on any atom is 0.433 e. The predicted molar refractivity (Wildman–Crippen MR) is 93.6 cm³/mol. The van der Waals surface area contributed by atoms with E-state index < -0.39 is 11.9 Å². The lowest BCUT2D eigenvalue weighted by Gasteiger charge is -2.07. The highest BCUT2D eigenvalue weighted by Gasteiger charge is 2.32. The van der Waals surface area contributed by atoms with Crippen molar-refractivity contribution in [3.63, 3.8) is 0 Å². The first-order chi connectivity index (χ1) is 13.4. The smallest absolute Gasteiger partial charge is 0.383 e. The minimum absolute atomic E-state index is 0.257. The molecule has 4 rings (SSSR count). The maximum absolute atomic E-state index is 12.6. The van der Waals surface area contributed by atoms with Gasteiger partial charge in [-0.05, 0) is 11.6 Å². The second kappa shape index (κ2) is 6.76. The number of nitrogens with zero attached hydrogens (tertiary/aromatic N) is 6. The Labute approximate surface area is 156 Å². The van der Waals surface area contributed by atoms with Crippen LogP contribution in [-0.2, 0) is 12.7 Å². The number of nitrogens with two attached hydrogens (primary N) is 1. The molecule has 0 bridgehead atoms. The molecule has 0 fully saturated rings. The van der Waals surface area contributed by atoms with E-state index in [0.29, 0.717) is 28.2 Å². The zero-order chi connectivity index (χ0) is 19.7. The Bertz CT molecular complexity index is 1080. The van der Waals surface area contributed by atoms with Gasteiger partial charge in [0.25, 0.3) is 0 Å². The highest BCUT2D eigenvalue weighted by Crippen LogP contribution is 2.33. The summed E-state index contributed by atoms with van der Waals surface area (Å²) < 4.78 is 39.4. The molecule has 4 aromatic heterocycles. The summed E-state index contributed by atoms with van der Waals surface area (Å²) in [5, 5.41) is 10.9. The van der Waals surface area contributed by atoms with Crippen LogP contribution in [0.1, 0.15) is 11.3 Å². The lowest BCUT2D eigenvalue weighted by molar-refractivity contribution is -0.141. The first kappa shape index (κ1) is 17.6. The molecule has 0 spiro atoms. The molecule has 0 radical (unpaired) electrons. The highest BCUT2D eigenvalue weighted by molar-refractivity contribution is 5.86. The van der Waals surface area contributed by atoms with Crippen molar-refractivity contribution < 1.29 is 13.2 Å². The van der Waals surface area contributed by atoms with Crippen LogP contribution in [0.25, 0.3) is 22.4 Å². The molecule has 0 unspecified atom stereocenters. The third-order valence-electron chi connectivity index (χ3n) is 4.03. The van der Waals surface area contributed by atoms with E-state index in [0.717, 1.165) is 11.6 Å². The van der Waals surface area contributed by atoms with Crippen LogP contribution in [0.5, 0.6) is 0 Å². The monoisotopic (exact) mass is 386 g/mol. The summed E-state index contributed by atoms with van der Waals surface area (Å²) in [5.74, 6) is 0.297. The number of nitrogens with one attached hydrogen (secondary N) is 1. The van der Waals surface area contributed by atoms with E-state index in [4.69, 9.17) is 5.73 Å². The fourth-order valence-corrected chi connectivity index (χ4v) is 2.74. The van der Waals surface area contributed by atoms with Crippen LogP contribution in [0.4, 0.5) is 19.0 Å². The van der Waals surface area contributed by atoms with Gasteiger partial charge in [0.05, 0.1) is 30.2 Å². The van der Waals surface area contributed by atoms with Gasteiger partial charge in [0.2, 0.25) is 0 Å². The number of pyridine rings is 1. The molecule has 0 aromatic carbocycles. The zero-order valence-corrected chi connectivity index (χ0v) is 14.2. The van der Waals surface area contributed by atoms with Crippen LogP contribution in [0.15, 0.2) is 49.4 Å². The van der Waals surface area contributed by atoms with Crippen LogP contribution >= 0.6 is 0 Å². The SMILES string of the molecule is Nc1ncnc(-c2cnn(Cc3ccc(C(F)(F)F)nc3)c2)c1-c1cn[nH]c1. The average Bonchev–Trinajstić information content (AvgIpc) is 3.33. The minimum Gasteiger partial charge on any atom is -0.383 e. The molecule has 4 aromatic rings. The van der Waals surface area contributed by atoms with Crippen molar-refractivity contribution in [2.24, 2.45) is 0 Å². The summed E-state index contributed by atoms with van der Waals surface area (Å²) >= 11 is 0. The summed E-state index contributed by atoms with van der Waals surface area (Å²) in [6, 6.07) is 2.32. The lowest BCUT2D eigenvalue weighted by Crippen LogP contribution is -2.08. The van der Waals surface area contributed by atoms with E-state index in [9.17, 15) is 13.2 Å². The van der Waals surface area contributed by atoms with E-state index in [2.05, 4.69) is 30.2 Å². The zero-order valence-electron chi connectivity index (χ0n) is 14.2. The minimum atomic E-state index is -4.46. The van der Waals surface area contributed by atoms with Gasteiger partial charge >= 0.3 is 6.18 Å². The molecule has 3 N–H and O–H groups in total. The number of H-pyrrole nitrogens is 1. The molecular weight excluding hydrogens is 373 g/mol. The Morgan fingerprint density at radius 1 is 1.04 bits per heavy atom. The van der Waals surface area contributed by atoms with Crippen molar-refractivity contribution in [1.82, 2.24) is 34.9 Å². The molecule has 0 amide bonds. The third kappa shape index (κ3) is 3.41. The molecule has 11 heteroatoms. The molecule has 28 heavy (non-hydrogen) atoms. The van der Waals surface area contributed by atoms with E-state index >= 15 is 0 Å². The van der Waals surface area contributed by atoms with Crippen molar-refractivity contribution in [3.05, 3.63) is 60.7 Å². The van der Waals surface area contributed by atoms with E-state index in [1.807, 2.05) is 0 Å². The Balaban J connectivity index is 1.62. The molecule has 0 aliphatic heterocycles. The highest BCUT2D eigenvalue weighted by atomic mass is 19.4. The molecule has 142 valence electrons. The number of nitrogen functional groups attached to an aromatic ring is 1. The number of anilines is 1. The van der Waals surface area contributed by atoms with Gasteiger partial charge in [0.1, 0.15) is 17.8 Å². The number of alkyl halides is 3. The predicted octanol–water partition coefficient (Wildman–Crippen LogP) is 2.77. The lowest BCUT2D eigenvalue weighted by atomic mass is 10.1. The van der Waals surface area contributed by atoms with Gasteiger partial charge in [-0.1, -0.05) is 6.07 Å². The Hall–Kier alpha value is -3.76. The van der Waals surface area contributed by atoms with Crippen molar-refractivity contribution >= 4 is 5.82 Å². The Morgan fingerprint density at radius 3 is 2.57 bits per heavy atom. The normalized spacial score (nSPS) is 11.7. The number of aromatic nitrogens is 7. The van der Waals surface area contributed by atoms with E-state index in [1.165, 1.54) is 18.6 Å². The third-order valence-corrected chi connectivity index (χ3v) is 4.03. The van der Waals surface area contributed by atoms with Crippen LogP contribution in [-0.4, -0.2) is 34.9 Å². The molecule has 0 aliphatic carbocycles. The second-order valence-corrected chi connectivity index (χ2v) is 5.95. The molecule has 0 saturated carbocycles. The van der Waals surface area contributed by atoms with Gasteiger partial charge in [-0.2, -0.15) is 23.4 Å². The molecular formula is C17H13F3N8. The summed E-state index contributed by atoms with van der Waals surface area (Å²) in [6.45, 7) is 0.257. The number of aromatic amines is 1. The Morgan fingerprint density at radius 2 is 1.89 bits per heavy atom. The van der Waals surface area contributed by atoms with Gasteiger partial charge in [-0.3, -0.25) is 14.8 Å². The number of rotatable bonds is 4. The van der Waals surface area contributed by atoms with E-state index in [1.54, 1.807) is 29.5 Å². The van der Waals surface area contributed by atoms with Crippen molar-refractivity contribution in [3.8, 4) is 22.4 Å². The van der Waals surface area contributed by atoms with Gasteiger partial charge in [-0.25, -0.2) is 9.97 Å². The second-order valence-electron chi connectivity index (χ2n) is 5.95. The molecule has 0 aliphatic rings. The summed E-state index contributed by atoms with van der Waals surface area (Å²) in [7, 11) is 0. The fourth-order valence-electron chi connectivity index (χ4n) is 2.74. The molecule has 0 saturated heterocycles. The number of hydrogen-bond acceptors (Lipinski definition) is 6. The largest absolute Gasteiger partial charge is 0.433 e. The van der Waals surface area contributed by atoms with Crippen molar-refractivity contribution in [2.75, 3.05) is 5.73 Å². The van der Waals surface area contributed by atoms with Crippen LogP contribution < -0.4 is 5.73 Å². The molecule has 4 heterocycles. The summed E-state index contributed by atoms with van der Waals surface area (Å²) in [5.41, 5.74) is 8.27. The average molecular weight is 386 g/mol. The molecule has 0 atom stereocenters. The number of halogens is 3. The van der Waals surface area contributed by atoms with Crippen LogP contribution in [0, 0.1) is 0 Å². The van der Waals surface area contributed by atoms with Gasteiger partial charge in [-0.15, -0.1) is 0 Å². The maximum atomic E-state index is 12.6. The molecule has 8 nitrogen and oxygen atoms in total. The van der Waals surface area contributed by atoms with Gasteiger partial charge < -0.3 is 5.73 Å². The van der Waals surface area contributed by atoms with Gasteiger partial charge in [0.15, 0.2) is 0 Å². The van der Waals surface area contributed by atoms with Crippen molar-refractivity contribution in [1.29, 1.82) is 0 Å². The van der Waals surface area contributed by atoms with Gasteiger partial charge in [0, 0.05) is 29.7 Å². The van der Waals surface area contributed by atoms with Crippen LogP contribution in [0.2, 0.25) is 0 Å². The standard InChI is InChI=1S/C17H13F3N8/c18-17(19,20)13-2-1-10(3-22-13)7-28-8-12(6-27-28)15-14(11-4-25-26-5-11)16(21)24-9-23-15/h1-6,8-9H,7H2,(H,25,26)(H2,21,23,24). The quantitative estimate of drug-likeness (QED) is 0.558. The number of hydrogen-bond donors (Lipinski definition) is 2. The topological polar surface area (TPSA) is 111 Å². The van der Waals surface area contributed by atoms with Crippen molar-refractivity contribution in [2.45, 2.75) is 12.7 Å². The first-order valence-corrected chi connectivity index (χ1v) is 8.06. The van der Waals surface area contributed by atoms with Crippen LogP contribution in [0.3, 0.4) is 0 Å². The summed E-state index contributed by atoms with van der Waals surface area (Å²) in [6.07, 6.45) is 4.68. The van der Waals surface area contributed by atoms with E-state index in [-0.39, 0.29) is 6.54 Å². The Kier molecular flexibility index (Phi) is 4.26.